The Morgan fingerprint density at radius 3 is 2.56 bits per heavy atom. The maximum Gasteiger partial charge on any atom is 0.303 e. The van der Waals surface area contributed by atoms with E-state index in [0.717, 1.165) is 12.8 Å². The van der Waals surface area contributed by atoms with Crippen molar-refractivity contribution in [1.82, 2.24) is 0 Å². The molecule has 0 N–H and O–H groups in total. The van der Waals surface area contributed by atoms with Gasteiger partial charge in [0.15, 0.2) is 0 Å². The lowest BCUT2D eigenvalue weighted by atomic mass is 10.1. The zero-order valence-corrected chi connectivity index (χ0v) is 10.6. The van der Waals surface area contributed by atoms with Gasteiger partial charge in [0.1, 0.15) is 6.10 Å². The average molecular weight is 224 g/mol. The minimum absolute atomic E-state index is 0.0860. The molecule has 0 bridgehead atoms. The maximum atomic E-state index is 10.9. The van der Waals surface area contributed by atoms with Crippen LogP contribution in [0.15, 0.2) is 24.8 Å². The van der Waals surface area contributed by atoms with E-state index in [1.807, 2.05) is 12.2 Å². The number of ether oxygens (including phenoxy) is 1. The van der Waals surface area contributed by atoms with Crippen LogP contribution in [-0.4, -0.2) is 12.1 Å². The highest BCUT2D eigenvalue weighted by molar-refractivity contribution is 5.66. The molecule has 0 fully saturated rings. The third-order valence-corrected chi connectivity index (χ3v) is 2.37. The third kappa shape index (κ3) is 9.50. The van der Waals surface area contributed by atoms with Gasteiger partial charge in [0, 0.05) is 6.92 Å². The van der Waals surface area contributed by atoms with E-state index in [-0.39, 0.29) is 12.1 Å². The average Bonchev–Trinajstić information content (AvgIpc) is 2.24. The number of carbonyl (C=O) groups is 1. The number of carbonyl (C=O) groups excluding carboxylic acids is 1. The number of hydrogen-bond acceptors (Lipinski definition) is 2. The predicted molar refractivity (Wildman–Crippen MR) is 68.3 cm³/mol. The normalized spacial score (nSPS) is 12.6. The monoisotopic (exact) mass is 224 g/mol. The van der Waals surface area contributed by atoms with Crippen molar-refractivity contribution in [2.24, 2.45) is 0 Å². The van der Waals surface area contributed by atoms with Crippen LogP contribution in [0.1, 0.15) is 52.4 Å². The molecule has 0 aliphatic carbocycles. The SMILES string of the molecule is C=C/C=C\C(CCCCCCC)OC(C)=O. The standard InChI is InChI=1S/C14H24O2/c1-4-6-8-9-10-12-14(11-7-5-2)16-13(3)15/h5,7,11,14H,2,4,6,8-10,12H2,1,3H3/b11-7-. The van der Waals surface area contributed by atoms with Crippen LogP contribution in [0, 0.1) is 0 Å². The van der Waals surface area contributed by atoms with Gasteiger partial charge in [-0.2, -0.15) is 0 Å². The summed E-state index contributed by atoms with van der Waals surface area (Å²) in [6, 6.07) is 0. The topological polar surface area (TPSA) is 26.3 Å². The Labute approximate surface area is 99.4 Å². The van der Waals surface area contributed by atoms with Crippen LogP contribution in [0.5, 0.6) is 0 Å². The molecule has 0 amide bonds. The van der Waals surface area contributed by atoms with E-state index in [4.69, 9.17) is 4.74 Å². The largest absolute Gasteiger partial charge is 0.458 e. The second-order valence-corrected chi connectivity index (χ2v) is 3.97. The van der Waals surface area contributed by atoms with Crippen molar-refractivity contribution in [1.29, 1.82) is 0 Å². The highest BCUT2D eigenvalue weighted by atomic mass is 16.5. The van der Waals surface area contributed by atoms with E-state index in [1.54, 1.807) is 6.08 Å². The van der Waals surface area contributed by atoms with Crippen molar-refractivity contribution in [3.63, 3.8) is 0 Å². The van der Waals surface area contributed by atoms with E-state index in [9.17, 15) is 4.79 Å². The summed E-state index contributed by atoms with van der Waals surface area (Å²) in [5, 5.41) is 0. The molecule has 2 nitrogen and oxygen atoms in total. The molecule has 0 spiro atoms. The third-order valence-electron chi connectivity index (χ3n) is 2.37. The van der Waals surface area contributed by atoms with Gasteiger partial charge in [-0.3, -0.25) is 4.79 Å². The molecule has 0 rings (SSSR count). The molecule has 92 valence electrons. The minimum atomic E-state index is -0.215. The Morgan fingerprint density at radius 2 is 2.00 bits per heavy atom. The number of allylic oxidation sites excluding steroid dienone is 2. The summed E-state index contributed by atoms with van der Waals surface area (Å²) in [4.78, 5) is 10.9. The Balaban J connectivity index is 3.78. The molecule has 0 aliphatic rings. The molecule has 0 aromatic carbocycles. The van der Waals surface area contributed by atoms with Crippen molar-refractivity contribution < 1.29 is 9.53 Å². The van der Waals surface area contributed by atoms with Gasteiger partial charge >= 0.3 is 5.97 Å². The molecule has 0 saturated carbocycles. The van der Waals surface area contributed by atoms with Crippen molar-refractivity contribution in [2.75, 3.05) is 0 Å². The van der Waals surface area contributed by atoms with Crippen molar-refractivity contribution in [3.8, 4) is 0 Å². The molecule has 0 aromatic rings. The van der Waals surface area contributed by atoms with Crippen LogP contribution in [-0.2, 0) is 9.53 Å². The fraction of sp³-hybridized carbons (Fsp3) is 0.643. The molecule has 16 heavy (non-hydrogen) atoms. The highest BCUT2D eigenvalue weighted by Gasteiger charge is 2.07. The second-order valence-electron chi connectivity index (χ2n) is 3.97. The molecule has 1 unspecified atom stereocenters. The number of rotatable bonds is 9. The predicted octanol–water partition coefficient (Wildman–Crippen LogP) is 4.02. The smallest absolute Gasteiger partial charge is 0.303 e. The Hall–Kier alpha value is -1.05. The molecule has 0 aliphatic heterocycles. The van der Waals surface area contributed by atoms with E-state index in [0.29, 0.717) is 0 Å². The van der Waals surface area contributed by atoms with Gasteiger partial charge in [-0.15, -0.1) is 0 Å². The molecule has 2 heteroatoms. The lowest BCUT2D eigenvalue weighted by molar-refractivity contribution is -0.144. The summed E-state index contributed by atoms with van der Waals surface area (Å²) >= 11 is 0. The lowest BCUT2D eigenvalue weighted by Gasteiger charge is -2.12. The van der Waals surface area contributed by atoms with Gasteiger partial charge < -0.3 is 4.74 Å². The summed E-state index contributed by atoms with van der Waals surface area (Å²) in [6.07, 6.45) is 12.4. The van der Waals surface area contributed by atoms with Crippen LogP contribution in [0.25, 0.3) is 0 Å². The Bertz CT molecular complexity index is 219. The summed E-state index contributed by atoms with van der Waals surface area (Å²) in [5.41, 5.74) is 0. The number of esters is 1. The van der Waals surface area contributed by atoms with E-state index in [1.165, 1.54) is 32.6 Å². The number of hydrogen-bond donors (Lipinski definition) is 0. The highest BCUT2D eigenvalue weighted by Crippen LogP contribution is 2.10. The van der Waals surface area contributed by atoms with E-state index in [2.05, 4.69) is 13.5 Å². The Morgan fingerprint density at radius 1 is 1.31 bits per heavy atom. The molecule has 0 aromatic heterocycles. The second kappa shape index (κ2) is 10.5. The summed E-state index contributed by atoms with van der Waals surface area (Å²) in [6.45, 7) is 7.26. The first-order valence-electron chi connectivity index (χ1n) is 6.17. The fourth-order valence-electron chi connectivity index (χ4n) is 1.56. The van der Waals surface area contributed by atoms with Gasteiger partial charge in [0.05, 0.1) is 0 Å². The molecule has 0 radical (unpaired) electrons. The zero-order valence-electron chi connectivity index (χ0n) is 10.6. The molecule has 0 heterocycles. The van der Waals surface area contributed by atoms with Gasteiger partial charge in [-0.05, 0) is 18.9 Å². The summed E-state index contributed by atoms with van der Waals surface area (Å²) in [5.74, 6) is -0.215. The summed E-state index contributed by atoms with van der Waals surface area (Å²) in [7, 11) is 0. The van der Waals surface area contributed by atoms with Crippen LogP contribution in [0.3, 0.4) is 0 Å². The van der Waals surface area contributed by atoms with Gasteiger partial charge in [0.25, 0.3) is 0 Å². The minimum Gasteiger partial charge on any atom is -0.458 e. The van der Waals surface area contributed by atoms with Crippen LogP contribution in [0.2, 0.25) is 0 Å². The fourth-order valence-corrected chi connectivity index (χ4v) is 1.56. The molecular formula is C14H24O2. The Kier molecular flexibility index (Phi) is 9.78. The molecule has 1 atom stereocenters. The van der Waals surface area contributed by atoms with Crippen molar-refractivity contribution >= 4 is 5.97 Å². The quantitative estimate of drug-likeness (QED) is 0.336. The van der Waals surface area contributed by atoms with E-state index >= 15 is 0 Å². The van der Waals surface area contributed by atoms with Gasteiger partial charge in [0.2, 0.25) is 0 Å². The van der Waals surface area contributed by atoms with Crippen LogP contribution in [0.4, 0.5) is 0 Å². The molecular weight excluding hydrogens is 200 g/mol. The maximum absolute atomic E-state index is 10.9. The van der Waals surface area contributed by atoms with Crippen molar-refractivity contribution in [2.45, 2.75) is 58.5 Å². The first-order chi connectivity index (χ1) is 7.70. The van der Waals surface area contributed by atoms with Gasteiger partial charge in [-0.1, -0.05) is 51.3 Å². The molecule has 0 saturated heterocycles. The number of unbranched alkanes of at least 4 members (excludes halogenated alkanes) is 4. The van der Waals surface area contributed by atoms with Crippen LogP contribution >= 0.6 is 0 Å². The van der Waals surface area contributed by atoms with Gasteiger partial charge in [-0.25, -0.2) is 0 Å². The van der Waals surface area contributed by atoms with Crippen LogP contribution < -0.4 is 0 Å². The lowest BCUT2D eigenvalue weighted by Crippen LogP contribution is -2.13. The first kappa shape index (κ1) is 14.9. The summed E-state index contributed by atoms with van der Waals surface area (Å²) < 4.78 is 5.19. The van der Waals surface area contributed by atoms with E-state index < -0.39 is 0 Å². The van der Waals surface area contributed by atoms with Crippen molar-refractivity contribution in [3.05, 3.63) is 24.8 Å². The first-order valence-corrected chi connectivity index (χ1v) is 6.17. The zero-order chi connectivity index (χ0) is 12.2.